The van der Waals surface area contributed by atoms with E-state index in [9.17, 15) is 0 Å². The summed E-state index contributed by atoms with van der Waals surface area (Å²) in [7, 11) is 0. The van der Waals surface area contributed by atoms with Crippen molar-refractivity contribution in [3.8, 4) is 22.5 Å². The minimum absolute atomic E-state index is 0. The monoisotopic (exact) mass is 436 g/mol. The molecule has 158 valence electrons. The van der Waals surface area contributed by atoms with Crippen molar-refractivity contribution in [1.82, 2.24) is 4.98 Å². The Hall–Kier alpha value is -3.49. The second-order valence-electron chi connectivity index (χ2n) is 7.95. The third-order valence-electron chi connectivity index (χ3n) is 5.83. The number of hydrogen-bond acceptors (Lipinski definition) is 1. The molecule has 0 radical (unpaired) electrons. The van der Waals surface area contributed by atoms with Crippen LogP contribution in [0.1, 0.15) is 11.1 Å². The van der Waals surface area contributed by atoms with Crippen molar-refractivity contribution in [1.29, 1.82) is 0 Å². The summed E-state index contributed by atoms with van der Waals surface area (Å²) in [5.41, 5.74) is 6.93. The molecule has 0 bridgehead atoms. The molecule has 3 heteroatoms. The van der Waals surface area contributed by atoms with Gasteiger partial charge in [0.2, 0.25) is 0 Å². The lowest BCUT2D eigenvalue weighted by atomic mass is 9.98. The van der Waals surface area contributed by atoms with E-state index in [0.29, 0.717) is 0 Å². The van der Waals surface area contributed by atoms with Crippen LogP contribution in [0.3, 0.4) is 0 Å². The van der Waals surface area contributed by atoms with E-state index in [1.165, 1.54) is 27.5 Å². The van der Waals surface area contributed by atoms with Crippen molar-refractivity contribution >= 4 is 10.8 Å². The lowest BCUT2D eigenvalue weighted by Gasteiger charge is -2.11. The lowest BCUT2D eigenvalue weighted by molar-refractivity contribution is -0.696. The third-order valence-corrected chi connectivity index (χ3v) is 5.83. The van der Waals surface area contributed by atoms with Crippen LogP contribution in [0.15, 0.2) is 109 Å². The molecule has 3 aromatic carbocycles. The van der Waals surface area contributed by atoms with Gasteiger partial charge in [0.1, 0.15) is 0 Å². The van der Waals surface area contributed by atoms with Crippen LogP contribution < -0.4 is 17.0 Å². The summed E-state index contributed by atoms with van der Waals surface area (Å²) in [6, 6.07) is 34.2. The molecule has 0 N–H and O–H groups in total. The smallest absolute Gasteiger partial charge is 0.169 e. The van der Waals surface area contributed by atoms with Crippen molar-refractivity contribution in [3.05, 3.63) is 121 Å². The Balaban J connectivity index is 0.00000245. The molecule has 0 unspecified atom stereocenters. The van der Waals surface area contributed by atoms with Gasteiger partial charge in [-0.2, -0.15) is 0 Å². The van der Waals surface area contributed by atoms with Gasteiger partial charge in [0, 0.05) is 29.7 Å². The summed E-state index contributed by atoms with van der Waals surface area (Å²) in [6.07, 6.45) is 5.33. The predicted octanol–water partition coefficient (Wildman–Crippen LogP) is 3.41. The molecule has 0 aliphatic heterocycles. The number of halogens is 1. The number of hydrogen-bond donors (Lipinski definition) is 0. The van der Waals surface area contributed by atoms with E-state index in [0.717, 1.165) is 29.9 Å². The van der Waals surface area contributed by atoms with Crippen LogP contribution in [0.25, 0.3) is 33.3 Å². The highest BCUT2D eigenvalue weighted by atomic mass is 35.5. The van der Waals surface area contributed by atoms with Gasteiger partial charge in [0.25, 0.3) is 0 Å². The number of aromatic nitrogens is 2. The molecule has 5 aromatic rings. The first-order chi connectivity index (χ1) is 15.3. The zero-order valence-corrected chi connectivity index (χ0v) is 18.8. The second-order valence-corrected chi connectivity index (χ2v) is 7.95. The van der Waals surface area contributed by atoms with Gasteiger partial charge >= 0.3 is 0 Å². The van der Waals surface area contributed by atoms with Crippen molar-refractivity contribution in [2.24, 2.45) is 0 Å². The van der Waals surface area contributed by atoms with E-state index < -0.39 is 0 Å². The fourth-order valence-electron chi connectivity index (χ4n) is 4.07. The largest absolute Gasteiger partial charge is 1.00 e. The highest BCUT2D eigenvalue weighted by Crippen LogP contribution is 2.31. The maximum Gasteiger partial charge on any atom is 0.169 e. The number of nitrogens with zero attached hydrogens (tertiary/aromatic N) is 2. The fraction of sp³-hybridized carbons (Fsp3) is 0.103. The molecule has 0 spiro atoms. The van der Waals surface area contributed by atoms with Crippen LogP contribution in [0.5, 0.6) is 0 Å². The van der Waals surface area contributed by atoms with Gasteiger partial charge in [-0.1, -0.05) is 78.9 Å². The quantitative estimate of drug-likeness (QED) is 0.386. The van der Waals surface area contributed by atoms with Gasteiger partial charge < -0.3 is 12.4 Å². The summed E-state index contributed by atoms with van der Waals surface area (Å²) >= 11 is 0. The maximum atomic E-state index is 5.08. The summed E-state index contributed by atoms with van der Waals surface area (Å²) < 4.78 is 2.23. The Labute approximate surface area is 195 Å². The average molecular weight is 437 g/mol. The summed E-state index contributed by atoms with van der Waals surface area (Å²) in [4.78, 5) is 5.08. The Morgan fingerprint density at radius 1 is 0.719 bits per heavy atom. The zero-order chi connectivity index (χ0) is 21.0. The lowest BCUT2D eigenvalue weighted by Crippen LogP contribution is -3.00. The number of fused-ring (bicyclic) bond motifs is 1. The first-order valence-electron chi connectivity index (χ1n) is 10.8. The molecule has 0 amide bonds. The minimum atomic E-state index is 0. The maximum absolute atomic E-state index is 5.08. The zero-order valence-electron chi connectivity index (χ0n) is 18.1. The van der Waals surface area contributed by atoms with Gasteiger partial charge in [-0.05, 0) is 34.9 Å². The van der Waals surface area contributed by atoms with Crippen LogP contribution in [-0.2, 0) is 13.0 Å². The van der Waals surface area contributed by atoms with Gasteiger partial charge in [0.15, 0.2) is 18.9 Å². The number of pyridine rings is 2. The molecule has 0 saturated heterocycles. The molecule has 5 rings (SSSR count). The summed E-state index contributed by atoms with van der Waals surface area (Å²) in [5.74, 6) is 0. The van der Waals surface area contributed by atoms with E-state index in [2.05, 4.69) is 121 Å². The number of benzene rings is 3. The molecule has 2 nitrogen and oxygen atoms in total. The van der Waals surface area contributed by atoms with Crippen molar-refractivity contribution in [2.75, 3.05) is 0 Å². The van der Waals surface area contributed by atoms with Crippen LogP contribution in [0.4, 0.5) is 0 Å². The van der Waals surface area contributed by atoms with Gasteiger partial charge in [0.05, 0.1) is 11.4 Å². The Bertz CT molecular complexity index is 1320. The molecule has 0 atom stereocenters. The first kappa shape index (κ1) is 21.7. The Morgan fingerprint density at radius 2 is 1.44 bits per heavy atom. The highest BCUT2D eigenvalue weighted by molar-refractivity contribution is 5.96. The highest BCUT2D eigenvalue weighted by Gasteiger charge is 2.11. The second kappa shape index (κ2) is 9.76. The standard InChI is InChI=1S/C29H25N2.ClH/c1-22-14-15-28(30-29(22)27-13-7-11-24-10-5-6-12-26(24)27)25-17-20-31(21-18-25)19-16-23-8-3-2-4-9-23;/h2-15,17-18,20-21H,16,19H2,1H3;1H/q+1;/p-1. The molecule has 0 aliphatic rings. The van der Waals surface area contributed by atoms with Crippen molar-refractivity contribution < 1.29 is 17.0 Å². The average Bonchev–Trinajstić information content (AvgIpc) is 2.84. The van der Waals surface area contributed by atoms with E-state index in [4.69, 9.17) is 4.98 Å². The molecule has 0 aliphatic carbocycles. The van der Waals surface area contributed by atoms with E-state index in [1.54, 1.807) is 0 Å². The topological polar surface area (TPSA) is 16.8 Å². The Kier molecular flexibility index (Phi) is 6.63. The van der Waals surface area contributed by atoms with Crippen molar-refractivity contribution in [3.63, 3.8) is 0 Å². The van der Waals surface area contributed by atoms with Gasteiger partial charge in [-0.3, -0.25) is 0 Å². The number of aryl methyl sites for hydroxylation is 3. The molecule has 0 fully saturated rings. The SMILES string of the molecule is Cc1ccc(-c2cc[n+](CCc3ccccc3)cc2)nc1-c1cccc2ccccc12.[Cl-]. The van der Waals surface area contributed by atoms with Crippen LogP contribution in [0.2, 0.25) is 0 Å². The molecule has 2 heterocycles. The third kappa shape index (κ3) is 4.56. The molecule has 32 heavy (non-hydrogen) atoms. The van der Waals surface area contributed by atoms with Crippen LogP contribution in [-0.4, -0.2) is 4.98 Å². The minimum Gasteiger partial charge on any atom is -1.00 e. The van der Waals surface area contributed by atoms with Crippen LogP contribution >= 0.6 is 0 Å². The van der Waals surface area contributed by atoms with E-state index >= 15 is 0 Å². The molecular formula is C29H25ClN2. The van der Waals surface area contributed by atoms with E-state index in [-0.39, 0.29) is 12.4 Å². The fourth-order valence-corrected chi connectivity index (χ4v) is 4.07. The predicted molar refractivity (Wildman–Crippen MR) is 128 cm³/mol. The molecule has 2 aromatic heterocycles. The number of rotatable bonds is 5. The van der Waals surface area contributed by atoms with Gasteiger partial charge in [-0.25, -0.2) is 9.55 Å². The molecule has 0 saturated carbocycles. The summed E-state index contributed by atoms with van der Waals surface area (Å²) in [6.45, 7) is 3.10. The summed E-state index contributed by atoms with van der Waals surface area (Å²) in [5, 5.41) is 2.48. The first-order valence-corrected chi connectivity index (χ1v) is 10.8. The molecular weight excluding hydrogens is 412 g/mol. The van der Waals surface area contributed by atoms with Gasteiger partial charge in [-0.15, -0.1) is 0 Å². The normalized spacial score (nSPS) is 10.7. The van der Waals surface area contributed by atoms with Crippen LogP contribution in [0, 0.1) is 6.92 Å². The Morgan fingerprint density at radius 3 is 2.25 bits per heavy atom. The van der Waals surface area contributed by atoms with Crippen molar-refractivity contribution in [2.45, 2.75) is 19.9 Å². The van der Waals surface area contributed by atoms with E-state index in [1.807, 2.05) is 0 Å².